The molecular formula is C19H17N5O2S. The van der Waals surface area contributed by atoms with Crippen molar-refractivity contribution < 1.29 is 4.79 Å². The molecule has 0 aliphatic rings. The number of H-pyrrole nitrogens is 2. The molecule has 0 fully saturated rings. The Hall–Kier alpha value is -3.13. The van der Waals surface area contributed by atoms with Gasteiger partial charge >= 0.3 is 5.69 Å². The number of hydrogen-bond donors (Lipinski definition) is 3. The number of carbonyl (C=O) groups excluding carboxylic acids is 1. The molecule has 0 spiro atoms. The Morgan fingerprint density at radius 2 is 1.89 bits per heavy atom. The maximum absolute atomic E-state index is 12.6. The maximum Gasteiger partial charge on any atom is 0.323 e. The third-order valence-electron chi connectivity index (χ3n) is 4.12. The molecule has 0 aliphatic heterocycles. The first-order valence-electron chi connectivity index (χ1n) is 8.42. The molecule has 1 amide bonds. The standard InChI is InChI=1S/C19H17N5O2S/c1-10(27-18-13-5-3-4-6-14(13)20-11(2)21-18)17(25)22-12-7-8-15-16(9-12)24-19(26)23-15/h3-10H,1-2H3,(H,22,25)(H2,23,24,26). The van der Waals surface area contributed by atoms with Gasteiger partial charge in [-0.1, -0.05) is 30.0 Å². The van der Waals surface area contributed by atoms with Gasteiger partial charge in [0.05, 0.1) is 21.8 Å². The fourth-order valence-corrected chi connectivity index (χ4v) is 3.81. The zero-order chi connectivity index (χ0) is 19.0. The number of aromatic nitrogens is 4. The second-order valence-electron chi connectivity index (χ2n) is 6.18. The second kappa shape index (κ2) is 6.88. The largest absolute Gasteiger partial charge is 0.325 e. The van der Waals surface area contributed by atoms with Crippen molar-refractivity contribution in [3.05, 3.63) is 58.8 Å². The van der Waals surface area contributed by atoms with Crippen molar-refractivity contribution in [1.29, 1.82) is 0 Å². The summed E-state index contributed by atoms with van der Waals surface area (Å²) in [5, 5.41) is 4.24. The number of benzene rings is 2. The van der Waals surface area contributed by atoms with E-state index < -0.39 is 0 Å². The highest BCUT2D eigenvalue weighted by Gasteiger charge is 2.18. The lowest BCUT2D eigenvalue weighted by Gasteiger charge is -2.13. The van der Waals surface area contributed by atoms with E-state index in [1.54, 1.807) is 18.2 Å². The van der Waals surface area contributed by atoms with Crippen molar-refractivity contribution in [2.24, 2.45) is 0 Å². The van der Waals surface area contributed by atoms with Crippen molar-refractivity contribution >= 4 is 45.3 Å². The van der Waals surface area contributed by atoms with E-state index >= 15 is 0 Å². The monoisotopic (exact) mass is 379 g/mol. The summed E-state index contributed by atoms with van der Waals surface area (Å²) in [5.41, 5.74) is 2.56. The molecule has 136 valence electrons. The summed E-state index contributed by atoms with van der Waals surface area (Å²) in [7, 11) is 0. The van der Waals surface area contributed by atoms with Gasteiger partial charge in [-0.2, -0.15) is 0 Å². The van der Waals surface area contributed by atoms with Gasteiger partial charge in [0.25, 0.3) is 0 Å². The van der Waals surface area contributed by atoms with Crippen LogP contribution in [0.3, 0.4) is 0 Å². The van der Waals surface area contributed by atoms with Gasteiger partial charge in [0.2, 0.25) is 5.91 Å². The number of thioether (sulfide) groups is 1. The van der Waals surface area contributed by atoms with E-state index in [0.717, 1.165) is 15.9 Å². The number of nitrogens with zero attached hydrogens (tertiary/aromatic N) is 2. The predicted molar refractivity (Wildman–Crippen MR) is 107 cm³/mol. The van der Waals surface area contributed by atoms with Crippen molar-refractivity contribution in [3.63, 3.8) is 0 Å². The van der Waals surface area contributed by atoms with Crippen molar-refractivity contribution in [2.45, 2.75) is 24.1 Å². The second-order valence-corrected chi connectivity index (χ2v) is 7.51. The zero-order valence-corrected chi connectivity index (χ0v) is 15.6. The van der Waals surface area contributed by atoms with Crippen LogP contribution in [0.25, 0.3) is 21.9 Å². The molecule has 8 heteroatoms. The van der Waals surface area contributed by atoms with Gasteiger partial charge in [0.15, 0.2) is 0 Å². The molecule has 1 atom stereocenters. The van der Waals surface area contributed by atoms with Crippen LogP contribution in [-0.4, -0.2) is 31.1 Å². The Balaban J connectivity index is 1.54. The molecule has 2 aromatic heterocycles. The molecule has 0 bridgehead atoms. The number of nitrogens with one attached hydrogen (secondary N) is 3. The highest BCUT2D eigenvalue weighted by atomic mass is 32.2. The molecule has 0 saturated heterocycles. The van der Waals surface area contributed by atoms with Crippen LogP contribution in [0.4, 0.5) is 5.69 Å². The van der Waals surface area contributed by atoms with E-state index in [-0.39, 0.29) is 16.8 Å². The predicted octanol–water partition coefficient (Wildman–Crippen LogP) is 3.23. The molecule has 2 aromatic carbocycles. The fraction of sp³-hybridized carbons (Fsp3) is 0.158. The zero-order valence-electron chi connectivity index (χ0n) is 14.7. The number of imidazole rings is 1. The lowest BCUT2D eigenvalue weighted by atomic mass is 10.2. The number of para-hydroxylation sites is 1. The summed E-state index contributed by atoms with van der Waals surface area (Å²) in [6, 6.07) is 13.0. The molecule has 0 saturated carbocycles. The minimum Gasteiger partial charge on any atom is -0.325 e. The van der Waals surface area contributed by atoms with E-state index in [2.05, 4.69) is 25.3 Å². The summed E-state index contributed by atoms with van der Waals surface area (Å²) in [4.78, 5) is 38.3. The van der Waals surface area contributed by atoms with Crippen LogP contribution in [0.5, 0.6) is 0 Å². The SMILES string of the molecule is Cc1nc(SC(C)C(=O)Nc2ccc3[nH]c(=O)[nH]c3c2)c2ccccc2n1. The quantitative estimate of drug-likeness (QED) is 0.373. The third kappa shape index (κ3) is 3.56. The van der Waals surface area contributed by atoms with E-state index in [0.29, 0.717) is 22.5 Å². The van der Waals surface area contributed by atoms with Crippen LogP contribution in [-0.2, 0) is 4.79 Å². The lowest BCUT2D eigenvalue weighted by molar-refractivity contribution is -0.115. The number of aromatic amines is 2. The average molecular weight is 379 g/mol. The number of anilines is 1. The van der Waals surface area contributed by atoms with Crippen LogP contribution >= 0.6 is 11.8 Å². The van der Waals surface area contributed by atoms with Crippen LogP contribution in [0, 0.1) is 6.92 Å². The number of fused-ring (bicyclic) bond motifs is 2. The van der Waals surface area contributed by atoms with Crippen molar-refractivity contribution in [3.8, 4) is 0 Å². The van der Waals surface area contributed by atoms with Gasteiger partial charge < -0.3 is 15.3 Å². The molecule has 2 heterocycles. The minimum absolute atomic E-state index is 0.141. The summed E-state index contributed by atoms with van der Waals surface area (Å²) in [6.07, 6.45) is 0. The third-order valence-corrected chi connectivity index (χ3v) is 5.22. The highest BCUT2D eigenvalue weighted by Crippen LogP contribution is 2.29. The van der Waals surface area contributed by atoms with Gasteiger partial charge in [-0.15, -0.1) is 0 Å². The topological polar surface area (TPSA) is 104 Å². The molecule has 27 heavy (non-hydrogen) atoms. The summed E-state index contributed by atoms with van der Waals surface area (Å²) < 4.78 is 0. The molecule has 1 unspecified atom stereocenters. The molecule has 0 aliphatic carbocycles. The van der Waals surface area contributed by atoms with Crippen molar-refractivity contribution in [1.82, 2.24) is 19.9 Å². The minimum atomic E-state index is -0.358. The summed E-state index contributed by atoms with van der Waals surface area (Å²) in [5.74, 6) is 0.531. The number of aryl methyl sites for hydroxylation is 1. The van der Waals surface area contributed by atoms with Gasteiger partial charge in [-0.25, -0.2) is 14.8 Å². The number of carbonyl (C=O) groups is 1. The van der Waals surface area contributed by atoms with E-state index in [9.17, 15) is 9.59 Å². The Bertz CT molecular complexity index is 1210. The molecule has 4 aromatic rings. The van der Waals surface area contributed by atoms with Crippen LogP contribution < -0.4 is 11.0 Å². The van der Waals surface area contributed by atoms with Crippen LogP contribution in [0.2, 0.25) is 0 Å². The average Bonchev–Trinajstić information content (AvgIpc) is 3.00. The highest BCUT2D eigenvalue weighted by molar-refractivity contribution is 8.00. The van der Waals surface area contributed by atoms with Crippen molar-refractivity contribution in [2.75, 3.05) is 5.32 Å². The molecule has 7 nitrogen and oxygen atoms in total. The normalized spacial score (nSPS) is 12.4. The first-order valence-corrected chi connectivity index (χ1v) is 9.30. The molecule has 4 rings (SSSR count). The summed E-state index contributed by atoms with van der Waals surface area (Å²) >= 11 is 1.40. The first kappa shape index (κ1) is 17.3. The molecule has 3 N–H and O–H groups in total. The van der Waals surface area contributed by atoms with Gasteiger partial charge in [-0.3, -0.25) is 4.79 Å². The Labute approximate surface area is 158 Å². The Morgan fingerprint density at radius 1 is 1.11 bits per heavy atom. The smallest absolute Gasteiger partial charge is 0.323 e. The summed E-state index contributed by atoms with van der Waals surface area (Å²) in [6.45, 7) is 3.68. The van der Waals surface area contributed by atoms with E-state index in [1.165, 1.54) is 11.8 Å². The molecular weight excluding hydrogens is 362 g/mol. The van der Waals surface area contributed by atoms with E-state index in [4.69, 9.17) is 0 Å². The fourth-order valence-electron chi connectivity index (χ4n) is 2.82. The molecule has 0 radical (unpaired) electrons. The van der Waals surface area contributed by atoms with Gasteiger partial charge in [0, 0.05) is 11.1 Å². The van der Waals surface area contributed by atoms with E-state index in [1.807, 2.05) is 38.1 Å². The Kier molecular flexibility index (Phi) is 4.41. The van der Waals surface area contributed by atoms with Gasteiger partial charge in [-0.05, 0) is 38.1 Å². The number of rotatable bonds is 4. The van der Waals surface area contributed by atoms with Gasteiger partial charge in [0.1, 0.15) is 10.9 Å². The Morgan fingerprint density at radius 3 is 2.74 bits per heavy atom. The number of hydrogen-bond acceptors (Lipinski definition) is 5. The maximum atomic E-state index is 12.6. The van der Waals surface area contributed by atoms with Crippen LogP contribution in [0.15, 0.2) is 52.3 Å². The van der Waals surface area contributed by atoms with Crippen LogP contribution in [0.1, 0.15) is 12.7 Å². The number of amides is 1. The first-order chi connectivity index (χ1) is 13.0. The lowest BCUT2D eigenvalue weighted by Crippen LogP contribution is -2.22.